The molecule has 1 fully saturated rings. The van der Waals surface area contributed by atoms with E-state index in [-0.39, 0.29) is 5.75 Å². The van der Waals surface area contributed by atoms with Crippen LogP contribution in [0, 0.1) is 12.8 Å². The highest BCUT2D eigenvalue weighted by atomic mass is 32.2. The molecule has 2 rings (SSSR count). The minimum atomic E-state index is -3.15. The molecule has 1 aliphatic rings. The third-order valence-corrected chi connectivity index (χ3v) is 5.85. The smallest absolute Gasteiger partial charge is 0.212 e. The van der Waals surface area contributed by atoms with Gasteiger partial charge in [0.25, 0.3) is 0 Å². The quantitative estimate of drug-likeness (QED) is 0.863. The molecule has 0 spiro atoms. The van der Waals surface area contributed by atoms with Gasteiger partial charge in [-0.05, 0) is 55.8 Å². The van der Waals surface area contributed by atoms with E-state index in [0.717, 1.165) is 36.4 Å². The molecule has 0 amide bonds. The monoisotopic (exact) mass is 288 g/mol. The lowest BCUT2D eigenvalue weighted by Crippen LogP contribution is -2.35. The van der Waals surface area contributed by atoms with Crippen molar-refractivity contribution in [2.75, 3.05) is 18.8 Å². The highest BCUT2D eigenvalue weighted by Crippen LogP contribution is 2.17. The molecule has 1 aromatic heterocycles. The molecule has 18 heavy (non-hydrogen) atoms. The van der Waals surface area contributed by atoms with Crippen molar-refractivity contribution < 1.29 is 8.42 Å². The average Bonchev–Trinajstić information content (AvgIpc) is 2.73. The zero-order valence-electron chi connectivity index (χ0n) is 10.6. The summed E-state index contributed by atoms with van der Waals surface area (Å²) in [5.74, 6) is 0.562. The molecular formula is C12H20N2O2S2. The maximum atomic E-state index is 12.0. The van der Waals surface area contributed by atoms with Crippen molar-refractivity contribution >= 4 is 21.4 Å². The summed E-state index contributed by atoms with van der Waals surface area (Å²) >= 11 is 1.60. The van der Waals surface area contributed by atoms with Crippen LogP contribution in [0.3, 0.4) is 0 Å². The Morgan fingerprint density at radius 3 is 2.78 bits per heavy atom. The van der Waals surface area contributed by atoms with Gasteiger partial charge >= 0.3 is 0 Å². The Labute approximate surface area is 113 Å². The van der Waals surface area contributed by atoms with Crippen LogP contribution in [-0.4, -0.2) is 27.3 Å². The highest BCUT2D eigenvalue weighted by molar-refractivity contribution is 7.89. The van der Waals surface area contributed by atoms with Crippen molar-refractivity contribution in [3.63, 3.8) is 0 Å². The lowest BCUT2D eigenvalue weighted by atomic mass is 10.0. The predicted octanol–water partition coefficient (Wildman–Crippen LogP) is 1.48. The summed E-state index contributed by atoms with van der Waals surface area (Å²) in [5.41, 5.74) is 1.16. The molecule has 0 saturated carbocycles. The fraction of sp³-hybridized carbons (Fsp3) is 0.667. The number of hydrogen-bond acceptors (Lipinski definition) is 4. The van der Waals surface area contributed by atoms with Crippen LogP contribution in [0.15, 0.2) is 11.4 Å². The van der Waals surface area contributed by atoms with Gasteiger partial charge in [-0.1, -0.05) is 0 Å². The van der Waals surface area contributed by atoms with Crippen molar-refractivity contribution in [1.29, 1.82) is 0 Å². The highest BCUT2D eigenvalue weighted by Gasteiger charge is 2.21. The number of rotatable bonds is 5. The third kappa shape index (κ3) is 4.05. The summed E-state index contributed by atoms with van der Waals surface area (Å²) in [7, 11) is -3.15. The van der Waals surface area contributed by atoms with Crippen LogP contribution in [0.4, 0.5) is 0 Å². The second-order valence-electron chi connectivity index (χ2n) is 4.82. The SMILES string of the molecule is Cc1ccsc1CNS(=O)(=O)CC1CCNCC1. The molecule has 0 aromatic carbocycles. The first-order valence-corrected chi connectivity index (χ1v) is 8.81. The molecule has 1 aromatic rings. The van der Waals surface area contributed by atoms with E-state index >= 15 is 0 Å². The summed E-state index contributed by atoms with van der Waals surface area (Å²) < 4.78 is 26.7. The Balaban J connectivity index is 1.85. The van der Waals surface area contributed by atoms with Gasteiger partial charge in [-0.2, -0.15) is 0 Å². The topological polar surface area (TPSA) is 58.2 Å². The van der Waals surface area contributed by atoms with Crippen LogP contribution in [0.5, 0.6) is 0 Å². The first-order chi connectivity index (χ1) is 8.57. The van der Waals surface area contributed by atoms with E-state index in [4.69, 9.17) is 0 Å². The predicted molar refractivity (Wildman–Crippen MR) is 75.3 cm³/mol. The Morgan fingerprint density at radius 2 is 2.17 bits per heavy atom. The second-order valence-corrected chi connectivity index (χ2v) is 7.67. The van der Waals surface area contributed by atoms with E-state index in [9.17, 15) is 8.42 Å². The van der Waals surface area contributed by atoms with E-state index in [1.165, 1.54) is 0 Å². The molecule has 1 saturated heterocycles. The molecule has 0 unspecified atom stereocenters. The van der Waals surface area contributed by atoms with Gasteiger partial charge in [0, 0.05) is 11.4 Å². The Bertz CT molecular complexity index is 476. The lowest BCUT2D eigenvalue weighted by Gasteiger charge is -2.22. The number of hydrogen-bond donors (Lipinski definition) is 2. The Hall–Kier alpha value is -0.430. The average molecular weight is 288 g/mol. The van der Waals surface area contributed by atoms with Crippen LogP contribution >= 0.6 is 11.3 Å². The first kappa shape index (κ1) is 14.0. The van der Waals surface area contributed by atoms with Crippen molar-refractivity contribution in [1.82, 2.24) is 10.0 Å². The van der Waals surface area contributed by atoms with Gasteiger partial charge in [0.2, 0.25) is 10.0 Å². The number of aryl methyl sites for hydroxylation is 1. The van der Waals surface area contributed by atoms with Crippen LogP contribution < -0.4 is 10.0 Å². The zero-order valence-corrected chi connectivity index (χ0v) is 12.2. The van der Waals surface area contributed by atoms with E-state index < -0.39 is 10.0 Å². The molecule has 2 N–H and O–H groups in total. The molecule has 0 bridgehead atoms. The van der Waals surface area contributed by atoms with Crippen LogP contribution in [-0.2, 0) is 16.6 Å². The summed E-state index contributed by atoms with van der Waals surface area (Å²) in [6, 6.07) is 2.01. The summed E-state index contributed by atoms with van der Waals surface area (Å²) in [5, 5.41) is 5.24. The van der Waals surface area contributed by atoms with Crippen molar-refractivity contribution in [2.45, 2.75) is 26.3 Å². The van der Waals surface area contributed by atoms with Gasteiger partial charge in [-0.3, -0.25) is 0 Å². The number of thiophene rings is 1. The Kier molecular flexibility index (Phi) is 4.77. The minimum absolute atomic E-state index is 0.263. The first-order valence-electron chi connectivity index (χ1n) is 6.28. The van der Waals surface area contributed by atoms with Crippen molar-refractivity contribution in [3.05, 3.63) is 21.9 Å². The van der Waals surface area contributed by atoms with E-state index in [1.54, 1.807) is 11.3 Å². The van der Waals surface area contributed by atoms with Gasteiger partial charge in [0.05, 0.1) is 5.75 Å². The number of nitrogens with one attached hydrogen (secondary N) is 2. The molecule has 2 heterocycles. The standard InChI is InChI=1S/C12H20N2O2S2/c1-10-4-7-17-12(10)8-14-18(15,16)9-11-2-5-13-6-3-11/h4,7,11,13-14H,2-3,5-6,8-9H2,1H3. The van der Waals surface area contributed by atoms with Crippen LogP contribution in [0.1, 0.15) is 23.3 Å². The summed E-state index contributed by atoms with van der Waals surface area (Å²) in [4.78, 5) is 1.10. The van der Waals surface area contributed by atoms with E-state index in [0.29, 0.717) is 12.5 Å². The molecule has 102 valence electrons. The molecular weight excluding hydrogens is 268 g/mol. The number of piperidine rings is 1. The van der Waals surface area contributed by atoms with Gasteiger partial charge in [0.1, 0.15) is 0 Å². The molecule has 0 aliphatic carbocycles. The fourth-order valence-corrected chi connectivity index (χ4v) is 4.55. The largest absolute Gasteiger partial charge is 0.317 e. The minimum Gasteiger partial charge on any atom is -0.317 e. The molecule has 0 atom stereocenters. The van der Waals surface area contributed by atoms with Gasteiger partial charge in [0.15, 0.2) is 0 Å². The van der Waals surface area contributed by atoms with Gasteiger partial charge < -0.3 is 5.32 Å². The Morgan fingerprint density at radius 1 is 1.44 bits per heavy atom. The van der Waals surface area contributed by atoms with E-state index in [1.807, 2.05) is 18.4 Å². The maximum Gasteiger partial charge on any atom is 0.212 e. The maximum absolute atomic E-state index is 12.0. The summed E-state index contributed by atoms with van der Waals surface area (Å²) in [6.45, 7) is 4.30. The molecule has 4 nitrogen and oxygen atoms in total. The molecule has 0 radical (unpaired) electrons. The molecule has 1 aliphatic heterocycles. The zero-order chi connectivity index (χ0) is 13.0. The van der Waals surface area contributed by atoms with Gasteiger partial charge in [-0.15, -0.1) is 11.3 Å². The molecule has 6 heteroatoms. The second kappa shape index (κ2) is 6.14. The fourth-order valence-electron chi connectivity index (χ4n) is 2.18. The third-order valence-electron chi connectivity index (χ3n) is 3.33. The lowest BCUT2D eigenvalue weighted by molar-refractivity contribution is 0.400. The van der Waals surface area contributed by atoms with Crippen molar-refractivity contribution in [3.8, 4) is 0 Å². The van der Waals surface area contributed by atoms with Crippen LogP contribution in [0.25, 0.3) is 0 Å². The van der Waals surface area contributed by atoms with Crippen molar-refractivity contribution in [2.24, 2.45) is 5.92 Å². The van der Waals surface area contributed by atoms with Gasteiger partial charge in [-0.25, -0.2) is 13.1 Å². The van der Waals surface area contributed by atoms with Crippen LogP contribution in [0.2, 0.25) is 0 Å². The van der Waals surface area contributed by atoms with E-state index in [2.05, 4.69) is 10.0 Å². The number of sulfonamides is 1. The normalized spacial score (nSPS) is 18.1. The summed E-state index contributed by atoms with van der Waals surface area (Å²) in [6.07, 6.45) is 1.91.